The van der Waals surface area contributed by atoms with Crippen LogP contribution < -0.4 is 0 Å². The van der Waals surface area contributed by atoms with Crippen LogP contribution >= 0.6 is 0 Å². The van der Waals surface area contributed by atoms with Crippen LogP contribution in [0, 0.1) is 5.41 Å². The number of ketones is 1. The molecule has 0 aromatic carbocycles. The molecule has 13 heavy (non-hydrogen) atoms. The van der Waals surface area contributed by atoms with E-state index in [9.17, 15) is 13.2 Å². The lowest BCUT2D eigenvalue weighted by atomic mass is 10.2. The molecule has 0 aliphatic rings. The molecule has 0 radical (unpaired) electrons. The summed E-state index contributed by atoms with van der Waals surface area (Å²) in [5.74, 6) is -0.961. The Kier molecular flexibility index (Phi) is 4.22. The van der Waals surface area contributed by atoms with Gasteiger partial charge in [0.25, 0.3) is 0 Å². The molecule has 0 spiro atoms. The number of nitrogens with zero attached hydrogens (tertiary/aromatic N) is 1. The van der Waals surface area contributed by atoms with Crippen molar-refractivity contribution < 1.29 is 13.2 Å². The van der Waals surface area contributed by atoms with Gasteiger partial charge in [0.2, 0.25) is 10.0 Å². The lowest BCUT2D eigenvalue weighted by Crippen LogP contribution is -2.29. The summed E-state index contributed by atoms with van der Waals surface area (Å²) in [6.45, 7) is 1.47. The van der Waals surface area contributed by atoms with Crippen molar-refractivity contribution in [1.82, 2.24) is 4.31 Å². The van der Waals surface area contributed by atoms with Crippen molar-refractivity contribution >= 4 is 21.5 Å². The summed E-state index contributed by atoms with van der Waals surface area (Å²) in [5.41, 5.74) is 0.180. The number of rotatable bonds is 5. The average Bonchev–Trinajstić information content (AvgIpc) is 1.82. The van der Waals surface area contributed by atoms with Gasteiger partial charge in [0.1, 0.15) is 5.75 Å². The van der Waals surface area contributed by atoms with E-state index in [1.165, 1.54) is 21.0 Å². The van der Waals surface area contributed by atoms with Crippen LogP contribution in [-0.4, -0.2) is 44.1 Å². The van der Waals surface area contributed by atoms with Gasteiger partial charge in [-0.05, 0) is 6.92 Å². The molecule has 76 valence electrons. The second kappa shape index (κ2) is 4.48. The van der Waals surface area contributed by atoms with Gasteiger partial charge in [0.05, 0.1) is 0 Å². The highest BCUT2D eigenvalue weighted by atomic mass is 32.2. The van der Waals surface area contributed by atoms with Gasteiger partial charge in [0.15, 0.2) is 5.78 Å². The maximum atomic E-state index is 11.2. The number of carbonyl (C=O) groups is 1. The Hall–Kier alpha value is -0.750. The summed E-state index contributed by atoms with van der Waals surface area (Å²) in [7, 11) is -0.706. The molecule has 0 aliphatic carbocycles. The summed E-state index contributed by atoms with van der Waals surface area (Å²) in [5, 5.41) is 7.01. The highest BCUT2D eigenvalue weighted by Gasteiger charge is 2.18. The minimum atomic E-state index is -3.46. The Morgan fingerprint density at radius 1 is 1.38 bits per heavy atom. The van der Waals surface area contributed by atoms with E-state index in [1.807, 2.05) is 0 Å². The van der Waals surface area contributed by atoms with Crippen molar-refractivity contribution in [3.05, 3.63) is 0 Å². The number of nitrogens with one attached hydrogen (secondary N) is 1. The van der Waals surface area contributed by atoms with Gasteiger partial charge in [-0.2, -0.15) is 0 Å². The zero-order valence-electron chi connectivity index (χ0n) is 7.99. The van der Waals surface area contributed by atoms with E-state index in [1.54, 1.807) is 0 Å². The largest absolute Gasteiger partial charge is 0.310 e. The molecule has 0 rings (SSSR count). The maximum absolute atomic E-state index is 11.2. The van der Waals surface area contributed by atoms with Crippen molar-refractivity contribution in [3.8, 4) is 0 Å². The molecule has 0 saturated heterocycles. The van der Waals surface area contributed by atoms with Gasteiger partial charge in [-0.25, -0.2) is 12.7 Å². The highest BCUT2D eigenvalue weighted by molar-refractivity contribution is 7.89. The third-order valence-electron chi connectivity index (χ3n) is 1.36. The summed E-state index contributed by atoms with van der Waals surface area (Å²) in [6.07, 6.45) is -0.0902. The summed E-state index contributed by atoms with van der Waals surface area (Å²) >= 11 is 0. The van der Waals surface area contributed by atoms with Crippen LogP contribution in [0.25, 0.3) is 0 Å². The molecular formula is C7H14N2O3S. The lowest BCUT2D eigenvalue weighted by Gasteiger charge is -2.09. The SMILES string of the molecule is CC(=N)CC(=O)CS(=O)(=O)N(C)C. The van der Waals surface area contributed by atoms with Crippen LogP contribution in [0.1, 0.15) is 13.3 Å². The van der Waals surface area contributed by atoms with E-state index in [2.05, 4.69) is 0 Å². The predicted octanol–water partition coefficient (Wildman–Crippen LogP) is -0.123. The molecule has 0 aromatic heterocycles. The van der Waals surface area contributed by atoms with Crippen molar-refractivity contribution in [2.45, 2.75) is 13.3 Å². The van der Waals surface area contributed by atoms with Gasteiger partial charge in [-0.3, -0.25) is 4.79 Å². The number of hydrogen-bond donors (Lipinski definition) is 1. The van der Waals surface area contributed by atoms with Crippen LogP contribution in [0.15, 0.2) is 0 Å². The van der Waals surface area contributed by atoms with Crippen LogP contribution in [0.2, 0.25) is 0 Å². The first-order chi connectivity index (χ1) is 5.75. The molecular weight excluding hydrogens is 192 g/mol. The molecule has 0 unspecified atom stereocenters. The Morgan fingerprint density at radius 3 is 2.15 bits per heavy atom. The molecule has 0 aliphatic heterocycles. The molecule has 0 fully saturated rings. The number of sulfonamides is 1. The fourth-order valence-electron chi connectivity index (χ4n) is 0.679. The van der Waals surface area contributed by atoms with Crippen molar-refractivity contribution in [2.24, 2.45) is 0 Å². The van der Waals surface area contributed by atoms with Gasteiger partial charge in [-0.15, -0.1) is 0 Å². The van der Waals surface area contributed by atoms with Gasteiger partial charge < -0.3 is 5.41 Å². The third kappa shape index (κ3) is 4.74. The Balaban J connectivity index is 4.30. The first-order valence-corrected chi connectivity index (χ1v) is 5.32. The molecule has 6 heteroatoms. The Labute approximate surface area is 78.3 Å². The van der Waals surface area contributed by atoms with Crippen LogP contribution in [0.4, 0.5) is 0 Å². The zero-order valence-corrected chi connectivity index (χ0v) is 8.81. The zero-order chi connectivity index (χ0) is 10.6. The smallest absolute Gasteiger partial charge is 0.220 e. The monoisotopic (exact) mass is 206 g/mol. The van der Waals surface area contributed by atoms with E-state index in [-0.39, 0.29) is 12.1 Å². The normalized spacial score (nSPS) is 11.7. The lowest BCUT2D eigenvalue weighted by molar-refractivity contribution is -0.115. The number of carbonyl (C=O) groups excluding carboxylic acids is 1. The fraction of sp³-hybridized carbons (Fsp3) is 0.714. The summed E-state index contributed by atoms with van der Waals surface area (Å²) < 4.78 is 23.3. The maximum Gasteiger partial charge on any atom is 0.220 e. The molecule has 5 nitrogen and oxygen atoms in total. The molecule has 0 bridgehead atoms. The number of hydrogen-bond acceptors (Lipinski definition) is 4. The first kappa shape index (κ1) is 12.2. The molecule has 0 atom stereocenters. The predicted molar refractivity (Wildman–Crippen MR) is 50.5 cm³/mol. The van der Waals surface area contributed by atoms with E-state index in [0.717, 1.165) is 4.31 Å². The minimum Gasteiger partial charge on any atom is -0.310 e. The van der Waals surface area contributed by atoms with E-state index >= 15 is 0 Å². The Morgan fingerprint density at radius 2 is 1.85 bits per heavy atom. The molecule has 0 saturated carbocycles. The second-order valence-electron chi connectivity index (χ2n) is 3.03. The Bertz CT molecular complexity index is 306. The molecule has 0 amide bonds. The number of Topliss-reactive ketones (excluding diaryl/α,β-unsaturated/α-hetero) is 1. The van der Waals surface area contributed by atoms with Crippen molar-refractivity contribution in [2.75, 3.05) is 19.8 Å². The first-order valence-electron chi connectivity index (χ1n) is 3.71. The summed E-state index contributed by atoms with van der Waals surface area (Å²) in [6, 6.07) is 0. The molecule has 0 heterocycles. The quantitative estimate of drug-likeness (QED) is 0.637. The van der Waals surface area contributed by atoms with Crippen LogP contribution in [0.5, 0.6) is 0 Å². The molecule has 0 aromatic rings. The van der Waals surface area contributed by atoms with Gasteiger partial charge in [-0.1, -0.05) is 0 Å². The van der Waals surface area contributed by atoms with Gasteiger partial charge in [0, 0.05) is 26.2 Å². The van der Waals surface area contributed by atoms with Gasteiger partial charge >= 0.3 is 0 Å². The van der Waals surface area contributed by atoms with E-state index in [4.69, 9.17) is 5.41 Å². The van der Waals surface area contributed by atoms with Crippen LogP contribution in [0.3, 0.4) is 0 Å². The molecule has 1 N–H and O–H groups in total. The average molecular weight is 206 g/mol. The van der Waals surface area contributed by atoms with Crippen molar-refractivity contribution in [3.63, 3.8) is 0 Å². The van der Waals surface area contributed by atoms with E-state index < -0.39 is 21.6 Å². The minimum absolute atomic E-state index is 0.0902. The summed E-state index contributed by atoms with van der Waals surface area (Å²) in [4.78, 5) is 11.0. The standard InChI is InChI=1S/C7H14N2O3S/c1-6(8)4-7(10)5-13(11,12)9(2)3/h8H,4-5H2,1-3H3. The van der Waals surface area contributed by atoms with Crippen LogP contribution in [-0.2, 0) is 14.8 Å². The second-order valence-corrected chi connectivity index (χ2v) is 5.22. The third-order valence-corrected chi connectivity index (χ3v) is 3.16. The highest BCUT2D eigenvalue weighted by Crippen LogP contribution is 1.97. The van der Waals surface area contributed by atoms with Crippen molar-refractivity contribution in [1.29, 1.82) is 5.41 Å². The fourth-order valence-corrected chi connectivity index (χ4v) is 1.45. The topological polar surface area (TPSA) is 78.3 Å². The van der Waals surface area contributed by atoms with E-state index in [0.29, 0.717) is 0 Å².